The molecule has 6 heteroatoms. The van der Waals surface area contributed by atoms with Crippen LogP contribution in [0.15, 0.2) is 157 Å². The summed E-state index contributed by atoms with van der Waals surface area (Å²) in [6, 6.07) is 50.9. The molecule has 1 fully saturated rings. The molecule has 0 radical (unpaired) electrons. The van der Waals surface area contributed by atoms with Crippen LogP contribution in [0.25, 0.3) is 0 Å². The Morgan fingerprint density at radius 3 is 1.34 bits per heavy atom. The van der Waals surface area contributed by atoms with Crippen LogP contribution < -0.4 is 5.32 Å². The first-order valence-corrected chi connectivity index (χ1v) is 16.2. The van der Waals surface area contributed by atoms with Crippen molar-refractivity contribution in [3.05, 3.63) is 179 Å². The molecular weight excluding hydrogens is 584 g/mol. The fraction of sp³-hybridized carbons (Fsp3) is 0.244. The molecule has 0 aromatic heterocycles. The molecule has 1 N–H and O–H groups in total. The normalized spacial score (nSPS) is 20.1. The van der Waals surface area contributed by atoms with Crippen LogP contribution in [-0.4, -0.2) is 36.8 Å². The van der Waals surface area contributed by atoms with Crippen molar-refractivity contribution in [1.82, 2.24) is 5.32 Å². The van der Waals surface area contributed by atoms with E-state index in [4.69, 9.17) is 23.9 Å². The lowest BCUT2D eigenvalue weighted by atomic mass is 9.94. The number of amidine groups is 1. The second-order valence-electron chi connectivity index (χ2n) is 11.7. The average molecular weight is 627 g/mol. The predicted octanol–water partition coefficient (Wildman–Crippen LogP) is 7.53. The van der Waals surface area contributed by atoms with Gasteiger partial charge in [0.25, 0.3) is 0 Å². The molecule has 6 rings (SSSR count). The highest BCUT2D eigenvalue weighted by atomic mass is 16.6. The monoisotopic (exact) mass is 626 g/mol. The van der Waals surface area contributed by atoms with E-state index in [1.54, 1.807) is 0 Å². The van der Waals surface area contributed by atoms with Gasteiger partial charge in [0.15, 0.2) is 0 Å². The number of nitrogens with one attached hydrogen (secondary N) is 1. The highest BCUT2D eigenvalue weighted by Crippen LogP contribution is 2.26. The highest BCUT2D eigenvalue weighted by molar-refractivity contribution is 5.88. The number of ether oxygens (including phenoxy) is 4. The summed E-state index contributed by atoms with van der Waals surface area (Å²) in [6.07, 6.45) is -1.37. The number of aliphatic imine (C=N–C) groups is 1. The minimum Gasteiger partial charge on any atom is -0.375 e. The van der Waals surface area contributed by atoms with Crippen molar-refractivity contribution in [2.75, 3.05) is 6.61 Å². The summed E-state index contributed by atoms with van der Waals surface area (Å²) in [5.41, 5.74) is 5.47. The van der Waals surface area contributed by atoms with Crippen molar-refractivity contribution in [3.8, 4) is 0 Å². The van der Waals surface area contributed by atoms with Gasteiger partial charge in [-0.1, -0.05) is 152 Å². The molecule has 0 aliphatic carbocycles. The molecule has 4 atom stereocenters. The molecular formula is C41H42N2O4. The number of nitrogens with zero attached hydrogens (tertiary/aromatic N) is 1. The van der Waals surface area contributed by atoms with E-state index in [0.29, 0.717) is 39.6 Å². The quantitative estimate of drug-likeness (QED) is 0.130. The summed E-state index contributed by atoms with van der Waals surface area (Å²) in [5, 5.41) is 3.71. The molecule has 1 saturated heterocycles. The summed E-state index contributed by atoms with van der Waals surface area (Å²) in [7, 11) is 0. The first-order chi connectivity index (χ1) is 23.3. The van der Waals surface area contributed by atoms with Crippen molar-refractivity contribution in [2.45, 2.75) is 57.3 Å². The molecule has 5 aromatic rings. The smallest absolute Gasteiger partial charge is 0.143 e. The number of piperidine rings is 1. The van der Waals surface area contributed by atoms with Gasteiger partial charge in [-0.3, -0.25) is 4.99 Å². The van der Waals surface area contributed by atoms with E-state index in [2.05, 4.69) is 66.0 Å². The van der Waals surface area contributed by atoms with E-state index in [1.165, 1.54) is 0 Å². The van der Waals surface area contributed by atoms with Gasteiger partial charge in [0, 0.05) is 0 Å². The highest BCUT2D eigenvalue weighted by Gasteiger charge is 2.45. The second-order valence-corrected chi connectivity index (χ2v) is 11.7. The van der Waals surface area contributed by atoms with Crippen LogP contribution in [0.3, 0.4) is 0 Å². The van der Waals surface area contributed by atoms with Crippen molar-refractivity contribution < 1.29 is 18.9 Å². The fourth-order valence-electron chi connectivity index (χ4n) is 5.68. The molecule has 1 aliphatic rings. The molecule has 1 aliphatic heterocycles. The maximum absolute atomic E-state index is 6.82. The number of hydrogen-bond acceptors (Lipinski definition) is 5. The van der Waals surface area contributed by atoms with Crippen molar-refractivity contribution in [3.63, 3.8) is 0 Å². The standard InChI is InChI=1S/C41H42N2O4/c1-6-16-32(17-7-1)26-42-41-40(47-30-36-24-14-5-15-25-36)39(46-29-35-22-12-4-13-23-35)38(45-28-34-20-10-3-11-21-34)37(43-41)31-44-27-33-18-8-2-9-19-33/h1-25,37-40H,26-31H2,(H,42,43)/t37-,38+,39+,40-/m1/s1. The summed E-state index contributed by atoms with van der Waals surface area (Å²) in [6.45, 7) is 2.64. The zero-order chi connectivity index (χ0) is 31.9. The topological polar surface area (TPSA) is 61.3 Å². The van der Waals surface area contributed by atoms with Gasteiger partial charge < -0.3 is 24.3 Å². The second kappa shape index (κ2) is 17.4. The van der Waals surface area contributed by atoms with Crippen molar-refractivity contribution >= 4 is 5.84 Å². The van der Waals surface area contributed by atoms with Crippen LogP contribution in [0.1, 0.15) is 27.8 Å². The van der Waals surface area contributed by atoms with E-state index >= 15 is 0 Å². The molecule has 0 saturated carbocycles. The van der Waals surface area contributed by atoms with Crippen LogP contribution in [0.5, 0.6) is 0 Å². The zero-order valence-electron chi connectivity index (χ0n) is 26.6. The van der Waals surface area contributed by atoms with Crippen LogP contribution in [-0.2, 0) is 51.9 Å². The van der Waals surface area contributed by atoms with Gasteiger partial charge in [-0.25, -0.2) is 0 Å². The minimum absolute atomic E-state index is 0.241. The van der Waals surface area contributed by atoms with Gasteiger partial charge in [-0.15, -0.1) is 0 Å². The van der Waals surface area contributed by atoms with Gasteiger partial charge >= 0.3 is 0 Å². The third-order valence-corrected chi connectivity index (χ3v) is 8.15. The first kappa shape index (κ1) is 32.4. The maximum atomic E-state index is 6.82. The van der Waals surface area contributed by atoms with Gasteiger partial charge in [-0.2, -0.15) is 0 Å². The molecule has 5 aromatic carbocycles. The molecule has 0 spiro atoms. The third kappa shape index (κ3) is 9.70. The SMILES string of the molecule is c1ccc(CN=C2N[C@H](COCc3ccccc3)[C@H](OCc3ccccc3)[C@H](OCc3ccccc3)[C@H]2OCc2ccccc2)cc1. The Labute approximate surface area is 278 Å². The molecule has 0 unspecified atom stereocenters. The summed E-state index contributed by atoms with van der Waals surface area (Å²) >= 11 is 0. The lowest BCUT2D eigenvalue weighted by Gasteiger charge is -2.44. The summed E-state index contributed by atoms with van der Waals surface area (Å²) < 4.78 is 26.7. The van der Waals surface area contributed by atoms with Gasteiger partial charge in [0.1, 0.15) is 24.1 Å². The van der Waals surface area contributed by atoms with Crippen molar-refractivity contribution in [1.29, 1.82) is 0 Å². The Balaban J connectivity index is 1.32. The van der Waals surface area contributed by atoms with Crippen LogP contribution >= 0.6 is 0 Å². The average Bonchev–Trinajstić information content (AvgIpc) is 3.14. The maximum Gasteiger partial charge on any atom is 0.143 e. The van der Waals surface area contributed by atoms with Gasteiger partial charge in [0.2, 0.25) is 0 Å². The lowest BCUT2D eigenvalue weighted by Crippen LogP contribution is -2.66. The van der Waals surface area contributed by atoms with E-state index < -0.39 is 18.3 Å². The number of hydrogen-bond donors (Lipinski definition) is 1. The van der Waals surface area contributed by atoms with E-state index in [9.17, 15) is 0 Å². The fourth-order valence-corrected chi connectivity index (χ4v) is 5.68. The lowest BCUT2D eigenvalue weighted by molar-refractivity contribution is -0.157. The molecule has 1 heterocycles. The summed E-state index contributed by atoms with van der Waals surface area (Å²) in [4.78, 5) is 5.11. The van der Waals surface area contributed by atoms with Crippen LogP contribution in [0.4, 0.5) is 0 Å². The molecule has 47 heavy (non-hydrogen) atoms. The van der Waals surface area contributed by atoms with Crippen LogP contribution in [0, 0.1) is 0 Å². The minimum atomic E-state index is -0.506. The number of rotatable bonds is 15. The van der Waals surface area contributed by atoms with E-state index in [0.717, 1.165) is 33.7 Å². The largest absolute Gasteiger partial charge is 0.375 e. The number of benzene rings is 5. The Bertz CT molecular complexity index is 1620. The zero-order valence-corrected chi connectivity index (χ0v) is 26.6. The Kier molecular flexibility index (Phi) is 12.0. The van der Waals surface area contributed by atoms with Crippen LogP contribution in [0.2, 0.25) is 0 Å². The Morgan fingerprint density at radius 1 is 0.447 bits per heavy atom. The Morgan fingerprint density at radius 2 is 0.851 bits per heavy atom. The third-order valence-electron chi connectivity index (χ3n) is 8.15. The van der Waals surface area contributed by atoms with E-state index in [-0.39, 0.29) is 6.04 Å². The molecule has 0 amide bonds. The summed E-state index contributed by atoms with van der Waals surface area (Å²) in [5.74, 6) is 0.732. The van der Waals surface area contributed by atoms with Crippen molar-refractivity contribution in [2.24, 2.45) is 4.99 Å². The predicted molar refractivity (Wildman–Crippen MR) is 186 cm³/mol. The molecule has 0 bridgehead atoms. The first-order valence-electron chi connectivity index (χ1n) is 16.2. The van der Waals surface area contributed by atoms with Gasteiger partial charge in [0.05, 0.1) is 45.6 Å². The molecule has 6 nitrogen and oxygen atoms in total. The molecule has 240 valence electrons. The van der Waals surface area contributed by atoms with E-state index in [1.807, 2.05) is 91.0 Å². The Hall–Kier alpha value is -4.59. The van der Waals surface area contributed by atoms with Gasteiger partial charge in [-0.05, 0) is 27.8 Å².